The fourth-order valence-electron chi connectivity index (χ4n) is 3.33. The molecule has 2 aliphatic rings. The summed E-state index contributed by atoms with van der Waals surface area (Å²) < 4.78 is 6.64. The Morgan fingerprint density at radius 3 is 2.03 bits per heavy atom. The maximum absolute atomic E-state index is 12.6. The van der Waals surface area contributed by atoms with Crippen LogP contribution in [0.3, 0.4) is 0 Å². The fourth-order valence-corrected chi connectivity index (χ4v) is 6.76. The number of aromatic hydroxyl groups is 1. The van der Waals surface area contributed by atoms with Crippen LogP contribution in [0.5, 0.6) is 5.75 Å². The molecule has 34 heavy (non-hydrogen) atoms. The van der Waals surface area contributed by atoms with Gasteiger partial charge in [-0.3, -0.25) is 4.79 Å². The molecule has 0 radical (unpaired) electrons. The van der Waals surface area contributed by atoms with E-state index in [2.05, 4.69) is 63.7 Å². The van der Waals surface area contributed by atoms with Crippen molar-refractivity contribution in [2.45, 2.75) is 0 Å². The van der Waals surface area contributed by atoms with Gasteiger partial charge in [-0.1, -0.05) is 46.4 Å². The van der Waals surface area contributed by atoms with Gasteiger partial charge in [-0.15, -0.1) is 0 Å². The van der Waals surface area contributed by atoms with Crippen molar-refractivity contribution >= 4 is 127 Å². The Kier molecular flexibility index (Phi) is 9.13. The van der Waals surface area contributed by atoms with Crippen molar-refractivity contribution in [3.63, 3.8) is 0 Å². The fraction of sp³-hybridized carbons (Fsp3) is 0. The molecule has 0 spiro atoms. The number of hydrogen-bond acceptors (Lipinski definition) is 4. The van der Waals surface area contributed by atoms with Crippen molar-refractivity contribution in [1.29, 1.82) is 0 Å². The van der Waals surface area contributed by atoms with E-state index in [1.54, 1.807) is 0 Å². The van der Waals surface area contributed by atoms with Crippen LogP contribution in [0.4, 0.5) is 0 Å². The largest absolute Gasteiger partial charge is 1.00 e. The molecule has 170 valence electrons. The van der Waals surface area contributed by atoms with Crippen molar-refractivity contribution in [3.8, 4) is 28.2 Å². The van der Waals surface area contributed by atoms with Gasteiger partial charge in [-0.05, 0) is 75.9 Å². The van der Waals surface area contributed by atoms with E-state index < -0.39 is 17.0 Å². The SMILES string of the molecule is O=C(O)c1c(Cl)c(Cl)c(Cl)c(Cl)c1-c1c2cc(Br)c(=O)c(Br)c-2oc2c(Br)c(O)c(Br)cc12.[Na+]. The number of aromatic carboxylic acids is 1. The quantitative estimate of drug-likeness (QED) is 0.103. The molecule has 0 saturated carbocycles. The van der Waals surface area contributed by atoms with Gasteiger partial charge in [0.15, 0.2) is 11.3 Å². The summed E-state index contributed by atoms with van der Waals surface area (Å²) in [6.07, 6.45) is 0. The van der Waals surface area contributed by atoms with E-state index in [1.165, 1.54) is 12.1 Å². The Morgan fingerprint density at radius 2 is 1.44 bits per heavy atom. The maximum Gasteiger partial charge on any atom is 1.00 e. The molecule has 2 aromatic carbocycles. The van der Waals surface area contributed by atoms with Crippen molar-refractivity contribution in [3.05, 3.63) is 65.9 Å². The number of halogens is 8. The summed E-state index contributed by atoms with van der Waals surface area (Å²) in [5.41, 5.74) is -0.206. The first-order chi connectivity index (χ1) is 15.4. The molecular formula is C20H4Br4Cl4NaO5+. The van der Waals surface area contributed by atoms with Gasteiger partial charge in [0.05, 0.1) is 34.6 Å². The van der Waals surface area contributed by atoms with Gasteiger partial charge in [-0.25, -0.2) is 4.79 Å². The number of benzene rings is 3. The Balaban J connectivity index is 0.00000324. The zero-order chi connectivity index (χ0) is 24.5. The Hall–Kier alpha value is 0.480. The third-order valence-electron chi connectivity index (χ3n) is 4.75. The van der Waals surface area contributed by atoms with Crippen LogP contribution in [0.2, 0.25) is 20.1 Å². The van der Waals surface area contributed by atoms with Gasteiger partial charge in [0.2, 0.25) is 5.43 Å². The Labute approximate surface area is 266 Å². The maximum atomic E-state index is 12.6. The van der Waals surface area contributed by atoms with Crippen molar-refractivity contribution in [2.75, 3.05) is 0 Å². The molecule has 5 nitrogen and oxygen atoms in total. The summed E-state index contributed by atoms with van der Waals surface area (Å²) in [7, 11) is 0. The molecule has 0 aromatic heterocycles. The molecule has 2 N–H and O–H groups in total. The van der Waals surface area contributed by atoms with Gasteiger partial charge in [0.1, 0.15) is 14.7 Å². The molecule has 1 aliphatic carbocycles. The minimum Gasteiger partial charge on any atom is -0.505 e. The molecular weight excluding hydrogens is 805 g/mol. The van der Waals surface area contributed by atoms with E-state index in [1.807, 2.05) is 0 Å². The normalized spacial score (nSPS) is 11.2. The van der Waals surface area contributed by atoms with Crippen LogP contribution in [0.15, 0.2) is 39.2 Å². The Morgan fingerprint density at radius 1 is 0.853 bits per heavy atom. The van der Waals surface area contributed by atoms with E-state index in [0.29, 0.717) is 10.9 Å². The summed E-state index contributed by atoms with van der Waals surface area (Å²) in [6, 6.07) is 2.98. The van der Waals surface area contributed by atoms with Crippen LogP contribution in [0.25, 0.3) is 33.4 Å². The van der Waals surface area contributed by atoms with Gasteiger partial charge < -0.3 is 14.6 Å². The van der Waals surface area contributed by atoms with E-state index in [-0.39, 0.29) is 95.8 Å². The molecule has 0 fully saturated rings. The van der Waals surface area contributed by atoms with E-state index in [0.717, 1.165) is 0 Å². The van der Waals surface area contributed by atoms with Crippen molar-refractivity contribution in [2.24, 2.45) is 0 Å². The molecule has 0 atom stereocenters. The minimum absolute atomic E-state index is 0. The topological polar surface area (TPSA) is 87.7 Å². The molecule has 4 rings (SSSR count). The second-order valence-corrected chi connectivity index (χ2v) is 11.4. The van der Waals surface area contributed by atoms with E-state index >= 15 is 0 Å². The first kappa shape index (κ1) is 29.0. The van der Waals surface area contributed by atoms with Gasteiger partial charge >= 0.3 is 35.5 Å². The number of rotatable bonds is 2. The summed E-state index contributed by atoms with van der Waals surface area (Å²) in [5.74, 6) is -1.51. The number of phenolic OH excluding ortho intramolecular Hbond substituents is 1. The monoisotopic (exact) mass is 803 g/mol. The number of hydrogen-bond donors (Lipinski definition) is 2. The third-order valence-corrected chi connectivity index (χ3v) is 9.21. The van der Waals surface area contributed by atoms with Gasteiger partial charge in [0.25, 0.3) is 0 Å². The van der Waals surface area contributed by atoms with E-state index in [9.17, 15) is 19.8 Å². The van der Waals surface area contributed by atoms with Crippen LogP contribution in [0, 0.1) is 0 Å². The van der Waals surface area contributed by atoms with Crippen LogP contribution in [-0.4, -0.2) is 16.2 Å². The molecule has 0 amide bonds. The average molecular weight is 809 g/mol. The summed E-state index contributed by atoms with van der Waals surface area (Å²) >= 11 is 38.3. The summed E-state index contributed by atoms with van der Waals surface area (Å²) in [6.45, 7) is 0. The zero-order valence-corrected chi connectivity index (χ0v) is 27.7. The standard InChI is InChI=1S/C20H4Br4Cl4O5.Na/c21-5-1-3-7(8-9(20(31)32)13(26)15(28)14(27)12(8)25)4-2-6(22)17(30)11(24)19(4)33-18(3)10(23)16(5)29;/h1-2,29H,(H,31,32);/q;+1. The molecule has 2 aromatic rings. The number of carboxylic acids is 1. The van der Waals surface area contributed by atoms with Crippen LogP contribution < -0.4 is 35.0 Å². The van der Waals surface area contributed by atoms with Crippen LogP contribution in [-0.2, 0) is 0 Å². The summed E-state index contributed by atoms with van der Waals surface area (Å²) in [4.78, 5) is 24.8. The predicted octanol–water partition coefficient (Wildman–Crippen LogP) is 6.64. The molecule has 0 bridgehead atoms. The number of fused-ring (bicyclic) bond motifs is 2. The van der Waals surface area contributed by atoms with Gasteiger partial charge in [0, 0.05) is 22.1 Å². The third kappa shape index (κ3) is 4.51. The molecule has 1 aliphatic heterocycles. The summed E-state index contributed by atoms with van der Waals surface area (Å²) in [5, 5.41) is 19.9. The second-order valence-electron chi connectivity index (χ2n) is 6.56. The van der Waals surface area contributed by atoms with Crippen LogP contribution in [0.1, 0.15) is 10.4 Å². The average Bonchev–Trinajstić information content (AvgIpc) is 2.76. The first-order valence-electron chi connectivity index (χ1n) is 8.43. The zero-order valence-electron chi connectivity index (χ0n) is 16.3. The number of carbonyl (C=O) groups is 1. The number of carboxylic acid groups (broad SMARTS) is 1. The van der Waals surface area contributed by atoms with E-state index in [4.69, 9.17) is 50.8 Å². The molecule has 1 heterocycles. The molecule has 0 unspecified atom stereocenters. The van der Waals surface area contributed by atoms with Gasteiger partial charge in [-0.2, -0.15) is 0 Å². The minimum atomic E-state index is -1.41. The van der Waals surface area contributed by atoms with Crippen molar-refractivity contribution in [1.82, 2.24) is 0 Å². The second kappa shape index (κ2) is 10.7. The first-order valence-corrected chi connectivity index (χ1v) is 13.1. The predicted molar refractivity (Wildman–Crippen MR) is 144 cm³/mol. The molecule has 14 heteroatoms. The van der Waals surface area contributed by atoms with Crippen molar-refractivity contribution < 1.29 is 49.0 Å². The molecule has 0 saturated heterocycles. The smallest absolute Gasteiger partial charge is 0.505 e. The Bertz CT molecular complexity index is 1570. The number of phenols is 1. The van der Waals surface area contributed by atoms with Crippen LogP contribution >= 0.6 is 110 Å².